The van der Waals surface area contributed by atoms with Crippen LogP contribution in [0, 0.1) is 11.6 Å². The number of pyridine rings is 2. The van der Waals surface area contributed by atoms with Crippen molar-refractivity contribution in [3.8, 4) is 23.0 Å². The molecular weight excluding hydrogens is 388 g/mol. The summed E-state index contributed by atoms with van der Waals surface area (Å²) >= 11 is 0. The Morgan fingerprint density at radius 2 is 1.83 bits per heavy atom. The summed E-state index contributed by atoms with van der Waals surface area (Å²) < 4.78 is 35.6. The third-order valence-electron chi connectivity index (χ3n) is 5.12. The first-order chi connectivity index (χ1) is 14.7. The summed E-state index contributed by atoms with van der Waals surface area (Å²) in [6, 6.07) is 11.9. The van der Waals surface area contributed by atoms with Crippen LogP contribution in [0.25, 0.3) is 28.4 Å². The zero-order valence-electron chi connectivity index (χ0n) is 16.1. The summed E-state index contributed by atoms with van der Waals surface area (Å²) in [5.41, 5.74) is 1.84. The zero-order chi connectivity index (χ0) is 20.5. The molecule has 1 saturated heterocycles. The summed E-state index contributed by atoms with van der Waals surface area (Å²) in [5.74, 6) is -0.488. The van der Waals surface area contributed by atoms with Crippen molar-refractivity contribution in [3.63, 3.8) is 0 Å². The molecule has 0 aliphatic carbocycles. The lowest BCUT2D eigenvalue weighted by molar-refractivity contribution is 0.162. The Balaban J connectivity index is 1.56. The smallest absolute Gasteiger partial charge is 0.168 e. The van der Waals surface area contributed by atoms with Gasteiger partial charge in [0.1, 0.15) is 28.9 Å². The fourth-order valence-corrected chi connectivity index (χ4v) is 3.67. The molecule has 1 aromatic carbocycles. The largest absolute Gasteiger partial charge is 0.490 e. The van der Waals surface area contributed by atoms with Crippen molar-refractivity contribution < 1.29 is 13.5 Å². The van der Waals surface area contributed by atoms with E-state index < -0.39 is 11.6 Å². The highest BCUT2D eigenvalue weighted by molar-refractivity contribution is 5.79. The highest BCUT2D eigenvalue weighted by Crippen LogP contribution is 2.29. The first-order valence-electron chi connectivity index (χ1n) is 9.82. The molecule has 152 valence electrons. The van der Waals surface area contributed by atoms with Crippen LogP contribution in [0.3, 0.4) is 0 Å². The molecule has 30 heavy (non-hydrogen) atoms. The lowest BCUT2D eigenvalue weighted by atomic mass is 10.1. The Morgan fingerprint density at radius 1 is 1.03 bits per heavy atom. The number of nitrogens with one attached hydrogen (secondary N) is 1. The SMILES string of the molecule is Fc1cnc(-c2nc3cccnc3n2-c2ccc(OC3CCNCC3)cc2)c(F)c1. The van der Waals surface area contributed by atoms with Crippen LogP contribution in [0.2, 0.25) is 0 Å². The van der Waals surface area contributed by atoms with Crippen LogP contribution in [-0.4, -0.2) is 38.7 Å². The quantitative estimate of drug-likeness (QED) is 0.556. The maximum Gasteiger partial charge on any atom is 0.168 e. The minimum Gasteiger partial charge on any atom is -0.490 e. The van der Waals surface area contributed by atoms with Crippen molar-refractivity contribution in [2.45, 2.75) is 18.9 Å². The molecule has 1 N–H and O–H groups in total. The van der Waals surface area contributed by atoms with Gasteiger partial charge in [-0.2, -0.15) is 0 Å². The standard InChI is InChI=1S/C22H19F2N5O/c23-14-12-18(24)20(27-13-14)22-28-19-2-1-9-26-21(19)29(22)15-3-5-16(6-4-15)30-17-7-10-25-11-8-17/h1-6,9,12-13,17,25H,7-8,10-11H2. The molecule has 0 spiro atoms. The fraction of sp³-hybridized carbons (Fsp3) is 0.227. The summed E-state index contributed by atoms with van der Waals surface area (Å²) in [5, 5.41) is 3.32. The Bertz CT molecular complexity index is 1190. The number of aromatic nitrogens is 4. The Morgan fingerprint density at radius 3 is 2.60 bits per heavy atom. The molecule has 6 nitrogen and oxygen atoms in total. The molecule has 0 radical (unpaired) electrons. The van der Waals surface area contributed by atoms with Gasteiger partial charge in [-0.1, -0.05) is 0 Å². The molecule has 0 bridgehead atoms. The number of fused-ring (bicyclic) bond motifs is 1. The summed E-state index contributed by atoms with van der Waals surface area (Å²) in [6.07, 6.45) is 4.76. The Hall–Kier alpha value is -3.39. The maximum absolute atomic E-state index is 14.5. The number of benzene rings is 1. The molecule has 5 rings (SSSR count). The van der Waals surface area contributed by atoms with Crippen molar-refractivity contribution in [3.05, 3.63) is 66.5 Å². The number of hydrogen-bond donors (Lipinski definition) is 1. The van der Waals surface area contributed by atoms with Crippen LogP contribution in [-0.2, 0) is 0 Å². The van der Waals surface area contributed by atoms with E-state index in [2.05, 4.69) is 20.3 Å². The van der Waals surface area contributed by atoms with Gasteiger partial charge in [-0.15, -0.1) is 0 Å². The van der Waals surface area contributed by atoms with Gasteiger partial charge in [0, 0.05) is 18.0 Å². The first-order valence-corrected chi connectivity index (χ1v) is 9.82. The second-order valence-corrected chi connectivity index (χ2v) is 7.16. The van der Waals surface area contributed by atoms with Crippen LogP contribution >= 0.6 is 0 Å². The molecule has 8 heteroatoms. The van der Waals surface area contributed by atoms with E-state index >= 15 is 0 Å². The van der Waals surface area contributed by atoms with Crippen LogP contribution in [0.1, 0.15) is 12.8 Å². The Kier molecular flexibility index (Phi) is 4.84. The van der Waals surface area contributed by atoms with E-state index in [1.54, 1.807) is 22.9 Å². The van der Waals surface area contributed by atoms with Gasteiger partial charge in [0.2, 0.25) is 0 Å². The molecule has 4 heterocycles. The van der Waals surface area contributed by atoms with Gasteiger partial charge in [0.05, 0.1) is 6.20 Å². The third-order valence-corrected chi connectivity index (χ3v) is 5.12. The van der Waals surface area contributed by atoms with Crippen molar-refractivity contribution >= 4 is 11.2 Å². The molecule has 1 fully saturated rings. The van der Waals surface area contributed by atoms with Gasteiger partial charge in [-0.3, -0.25) is 4.57 Å². The van der Waals surface area contributed by atoms with Gasteiger partial charge >= 0.3 is 0 Å². The van der Waals surface area contributed by atoms with Crippen molar-refractivity contribution in [1.29, 1.82) is 0 Å². The monoisotopic (exact) mass is 407 g/mol. The number of piperidine rings is 1. The van der Waals surface area contributed by atoms with Crippen molar-refractivity contribution in [1.82, 2.24) is 24.8 Å². The van der Waals surface area contributed by atoms with E-state index in [0.29, 0.717) is 11.2 Å². The van der Waals surface area contributed by atoms with Gasteiger partial charge in [0.25, 0.3) is 0 Å². The third kappa shape index (κ3) is 3.50. The van der Waals surface area contributed by atoms with Crippen LogP contribution < -0.4 is 10.1 Å². The lowest BCUT2D eigenvalue weighted by Crippen LogP contribution is -2.34. The van der Waals surface area contributed by atoms with Crippen molar-refractivity contribution in [2.75, 3.05) is 13.1 Å². The zero-order valence-corrected chi connectivity index (χ0v) is 16.1. The van der Waals surface area contributed by atoms with Gasteiger partial charge in [0.15, 0.2) is 17.3 Å². The predicted molar refractivity (Wildman–Crippen MR) is 109 cm³/mol. The number of halogens is 2. The predicted octanol–water partition coefficient (Wildman–Crippen LogP) is 3.89. The van der Waals surface area contributed by atoms with E-state index in [9.17, 15) is 8.78 Å². The molecule has 0 atom stereocenters. The van der Waals surface area contributed by atoms with Crippen LogP contribution in [0.4, 0.5) is 8.78 Å². The van der Waals surface area contributed by atoms with E-state index in [0.717, 1.165) is 49.6 Å². The number of ether oxygens (including phenoxy) is 1. The van der Waals surface area contributed by atoms with E-state index in [-0.39, 0.29) is 17.6 Å². The van der Waals surface area contributed by atoms with Gasteiger partial charge in [-0.05, 0) is 62.3 Å². The summed E-state index contributed by atoms with van der Waals surface area (Å²) in [4.78, 5) is 12.8. The molecule has 3 aromatic heterocycles. The second-order valence-electron chi connectivity index (χ2n) is 7.16. The summed E-state index contributed by atoms with van der Waals surface area (Å²) in [6.45, 7) is 1.91. The van der Waals surface area contributed by atoms with Crippen molar-refractivity contribution in [2.24, 2.45) is 0 Å². The molecule has 1 aliphatic heterocycles. The van der Waals surface area contributed by atoms with E-state index in [1.165, 1.54) is 0 Å². The second kappa shape index (κ2) is 7.79. The van der Waals surface area contributed by atoms with E-state index in [4.69, 9.17) is 4.74 Å². The van der Waals surface area contributed by atoms with Crippen LogP contribution in [0.15, 0.2) is 54.9 Å². The average Bonchev–Trinajstić information content (AvgIpc) is 3.14. The molecule has 0 saturated carbocycles. The molecular formula is C22H19F2N5O. The summed E-state index contributed by atoms with van der Waals surface area (Å²) in [7, 11) is 0. The number of hydrogen-bond acceptors (Lipinski definition) is 5. The van der Waals surface area contributed by atoms with E-state index in [1.807, 2.05) is 24.3 Å². The minimum absolute atomic E-state index is 0.0376. The Labute approximate surface area is 171 Å². The number of imidazole rings is 1. The number of nitrogens with zero attached hydrogens (tertiary/aromatic N) is 4. The van der Waals surface area contributed by atoms with Crippen LogP contribution in [0.5, 0.6) is 5.75 Å². The molecule has 0 unspecified atom stereocenters. The normalized spacial score (nSPS) is 14.9. The maximum atomic E-state index is 14.5. The fourth-order valence-electron chi connectivity index (χ4n) is 3.67. The molecule has 0 amide bonds. The lowest BCUT2D eigenvalue weighted by Gasteiger charge is -2.23. The average molecular weight is 407 g/mol. The topological polar surface area (TPSA) is 64.9 Å². The first kappa shape index (κ1) is 18.6. The molecule has 1 aliphatic rings. The minimum atomic E-state index is -0.780. The van der Waals surface area contributed by atoms with Gasteiger partial charge < -0.3 is 10.1 Å². The number of rotatable bonds is 4. The van der Waals surface area contributed by atoms with Gasteiger partial charge in [-0.25, -0.2) is 23.7 Å². The highest BCUT2D eigenvalue weighted by Gasteiger charge is 2.20. The molecule has 4 aromatic rings. The highest BCUT2D eigenvalue weighted by atomic mass is 19.1.